The molecule has 0 atom stereocenters. The number of rotatable bonds is 5. The van der Waals surface area contributed by atoms with Crippen molar-refractivity contribution in [3.8, 4) is 0 Å². The summed E-state index contributed by atoms with van der Waals surface area (Å²) in [5.74, 6) is -0.759. The molecule has 1 rings (SSSR count). The average Bonchev–Trinajstić information content (AvgIpc) is 2.19. The van der Waals surface area contributed by atoms with Gasteiger partial charge in [0.1, 0.15) is 0 Å². The summed E-state index contributed by atoms with van der Waals surface area (Å²) in [4.78, 5) is 12.9. The smallest absolute Gasteiger partial charge is 0.305 e. The third-order valence-electron chi connectivity index (χ3n) is 3.16. The van der Waals surface area contributed by atoms with Gasteiger partial charge in [-0.05, 0) is 33.4 Å². The van der Waals surface area contributed by atoms with Crippen LogP contribution >= 0.6 is 0 Å². The highest BCUT2D eigenvalue weighted by Gasteiger charge is 2.26. The van der Waals surface area contributed by atoms with E-state index in [9.17, 15) is 4.79 Å². The summed E-state index contributed by atoms with van der Waals surface area (Å²) in [6.07, 6.45) is 0.148. The molecule has 0 bridgehead atoms. The molecule has 0 amide bonds. The van der Waals surface area contributed by atoms with Crippen molar-refractivity contribution in [2.45, 2.75) is 39.3 Å². The molecule has 3 nitrogen and oxygen atoms in total. The molecule has 0 aromatic heterocycles. The molecule has 94 valence electrons. The lowest BCUT2D eigenvalue weighted by Crippen LogP contribution is -2.42. The molecule has 0 radical (unpaired) electrons. The monoisotopic (exact) mass is 235 g/mol. The highest BCUT2D eigenvalue weighted by atomic mass is 16.4. The highest BCUT2D eigenvalue weighted by molar-refractivity contribution is 5.68. The molecule has 0 unspecified atom stereocenters. The maximum absolute atomic E-state index is 10.8. The topological polar surface area (TPSA) is 40.5 Å². The van der Waals surface area contributed by atoms with E-state index in [0.717, 1.165) is 6.54 Å². The quantitative estimate of drug-likeness (QED) is 0.853. The van der Waals surface area contributed by atoms with Crippen LogP contribution in [0.2, 0.25) is 0 Å². The predicted molar refractivity (Wildman–Crippen MR) is 69.0 cm³/mol. The van der Waals surface area contributed by atoms with Crippen molar-refractivity contribution < 1.29 is 9.90 Å². The lowest BCUT2D eigenvalue weighted by molar-refractivity contribution is -0.139. The fourth-order valence-electron chi connectivity index (χ4n) is 1.69. The number of nitrogens with zero attached hydrogens (tertiary/aromatic N) is 1. The number of aryl methyl sites for hydroxylation is 1. The summed E-state index contributed by atoms with van der Waals surface area (Å²) in [5, 5.41) is 8.87. The molecule has 0 aliphatic heterocycles. The molecule has 1 aromatic carbocycles. The van der Waals surface area contributed by atoms with Crippen LogP contribution in [0, 0.1) is 6.92 Å². The number of hydrogen-bond acceptors (Lipinski definition) is 2. The summed E-state index contributed by atoms with van der Waals surface area (Å²) in [5.41, 5.74) is 2.11. The minimum Gasteiger partial charge on any atom is -0.481 e. The van der Waals surface area contributed by atoms with E-state index in [1.807, 2.05) is 20.9 Å². The Hall–Kier alpha value is -1.35. The Morgan fingerprint density at radius 1 is 1.29 bits per heavy atom. The lowest BCUT2D eigenvalue weighted by Gasteiger charge is -2.34. The fourth-order valence-corrected chi connectivity index (χ4v) is 1.69. The maximum Gasteiger partial charge on any atom is 0.305 e. The van der Waals surface area contributed by atoms with Gasteiger partial charge in [-0.25, -0.2) is 0 Å². The van der Waals surface area contributed by atoms with Crippen molar-refractivity contribution in [1.82, 2.24) is 4.90 Å². The molecule has 1 N–H and O–H groups in total. The van der Waals surface area contributed by atoms with E-state index in [-0.39, 0.29) is 12.0 Å². The molecule has 17 heavy (non-hydrogen) atoms. The van der Waals surface area contributed by atoms with E-state index in [1.54, 1.807) is 0 Å². The maximum atomic E-state index is 10.8. The Kier molecular flexibility index (Phi) is 4.29. The zero-order valence-electron chi connectivity index (χ0n) is 11.0. The SMILES string of the molecule is Cc1ccc(CN(C)C(C)(C)CC(=O)O)cc1. The molecule has 0 spiro atoms. The Morgan fingerprint density at radius 2 is 1.82 bits per heavy atom. The molecule has 0 saturated heterocycles. The van der Waals surface area contributed by atoms with Crippen LogP contribution in [0.3, 0.4) is 0 Å². The largest absolute Gasteiger partial charge is 0.481 e. The molecule has 0 fully saturated rings. The van der Waals surface area contributed by atoms with Gasteiger partial charge in [-0.2, -0.15) is 0 Å². The number of hydrogen-bond donors (Lipinski definition) is 1. The van der Waals surface area contributed by atoms with Gasteiger partial charge in [-0.3, -0.25) is 9.69 Å². The second-order valence-corrected chi connectivity index (χ2v) is 5.22. The highest BCUT2D eigenvalue weighted by Crippen LogP contribution is 2.19. The third-order valence-corrected chi connectivity index (χ3v) is 3.16. The van der Waals surface area contributed by atoms with Crippen molar-refractivity contribution in [1.29, 1.82) is 0 Å². The number of benzene rings is 1. The van der Waals surface area contributed by atoms with Gasteiger partial charge in [0.2, 0.25) is 0 Å². The molecule has 0 aliphatic rings. The zero-order valence-corrected chi connectivity index (χ0v) is 11.0. The van der Waals surface area contributed by atoms with E-state index in [0.29, 0.717) is 0 Å². The lowest BCUT2D eigenvalue weighted by atomic mass is 9.98. The second-order valence-electron chi connectivity index (χ2n) is 5.22. The van der Waals surface area contributed by atoms with Gasteiger partial charge in [0.15, 0.2) is 0 Å². The van der Waals surface area contributed by atoms with Crippen LogP contribution in [0.1, 0.15) is 31.4 Å². The third kappa shape index (κ3) is 4.19. The Labute approximate surface area is 103 Å². The Balaban J connectivity index is 2.68. The van der Waals surface area contributed by atoms with E-state index in [4.69, 9.17) is 5.11 Å². The van der Waals surface area contributed by atoms with E-state index in [1.165, 1.54) is 11.1 Å². The van der Waals surface area contributed by atoms with Gasteiger partial charge in [-0.1, -0.05) is 29.8 Å². The summed E-state index contributed by atoms with van der Waals surface area (Å²) in [7, 11) is 1.96. The van der Waals surface area contributed by atoms with Crippen molar-refractivity contribution in [2.75, 3.05) is 7.05 Å². The first-order chi connectivity index (χ1) is 7.81. The predicted octanol–water partition coefficient (Wildman–Crippen LogP) is 2.68. The molecule has 0 heterocycles. The van der Waals surface area contributed by atoms with Crippen LogP contribution < -0.4 is 0 Å². The van der Waals surface area contributed by atoms with E-state index >= 15 is 0 Å². The number of aliphatic carboxylic acids is 1. The summed E-state index contributed by atoms with van der Waals surface area (Å²) in [6.45, 7) is 6.73. The Morgan fingerprint density at radius 3 is 2.29 bits per heavy atom. The summed E-state index contributed by atoms with van der Waals surface area (Å²) < 4.78 is 0. The molecular weight excluding hydrogens is 214 g/mol. The van der Waals surface area contributed by atoms with Gasteiger partial charge < -0.3 is 5.11 Å². The van der Waals surface area contributed by atoms with Crippen LogP contribution in [-0.2, 0) is 11.3 Å². The van der Waals surface area contributed by atoms with Gasteiger partial charge >= 0.3 is 5.97 Å². The normalized spacial score (nSPS) is 11.8. The number of carbonyl (C=O) groups is 1. The van der Waals surface area contributed by atoms with Crippen molar-refractivity contribution in [3.05, 3.63) is 35.4 Å². The standard InChI is InChI=1S/C14H21NO2/c1-11-5-7-12(8-6-11)10-15(4)14(2,3)9-13(16)17/h5-8H,9-10H2,1-4H3,(H,16,17). The van der Waals surface area contributed by atoms with Gasteiger partial charge in [0.05, 0.1) is 6.42 Å². The van der Waals surface area contributed by atoms with Crippen molar-refractivity contribution in [2.24, 2.45) is 0 Å². The van der Waals surface area contributed by atoms with Crippen molar-refractivity contribution in [3.63, 3.8) is 0 Å². The van der Waals surface area contributed by atoms with Crippen LogP contribution in [0.4, 0.5) is 0 Å². The average molecular weight is 235 g/mol. The van der Waals surface area contributed by atoms with Crippen LogP contribution in [0.15, 0.2) is 24.3 Å². The van der Waals surface area contributed by atoms with E-state index < -0.39 is 5.97 Å². The summed E-state index contributed by atoms with van der Waals surface area (Å²) >= 11 is 0. The first-order valence-corrected chi connectivity index (χ1v) is 5.80. The van der Waals surface area contributed by atoms with Crippen LogP contribution in [0.5, 0.6) is 0 Å². The summed E-state index contributed by atoms with van der Waals surface area (Å²) in [6, 6.07) is 8.33. The Bertz CT molecular complexity index is 382. The van der Waals surface area contributed by atoms with Crippen molar-refractivity contribution >= 4 is 5.97 Å². The molecule has 3 heteroatoms. The van der Waals surface area contributed by atoms with Crippen LogP contribution in [-0.4, -0.2) is 28.6 Å². The fraction of sp³-hybridized carbons (Fsp3) is 0.500. The van der Waals surface area contributed by atoms with Crippen LogP contribution in [0.25, 0.3) is 0 Å². The number of carboxylic acids is 1. The van der Waals surface area contributed by atoms with Gasteiger partial charge in [0.25, 0.3) is 0 Å². The van der Waals surface area contributed by atoms with Gasteiger partial charge in [-0.15, -0.1) is 0 Å². The minimum atomic E-state index is -0.759. The van der Waals surface area contributed by atoms with Gasteiger partial charge in [0, 0.05) is 12.1 Å². The molecule has 0 aliphatic carbocycles. The molecule has 0 saturated carbocycles. The second kappa shape index (κ2) is 5.32. The minimum absolute atomic E-state index is 0.148. The number of carboxylic acid groups (broad SMARTS) is 1. The zero-order chi connectivity index (χ0) is 13.1. The molecule has 1 aromatic rings. The first kappa shape index (κ1) is 13.7. The first-order valence-electron chi connectivity index (χ1n) is 5.80. The van der Waals surface area contributed by atoms with E-state index in [2.05, 4.69) is 36.1 Å². The molecular formula is C14H21NO2.